The molecule has 0 saturated heterocycles. The number of hydrogen-bond donors (Lipinski definition) is 0. The van der Waals surface area contributed by atoms with E-state index < -0.39 is 0 Å². The van der Waals surface area contributed by atoms with Crippen LogP contribution in [0.5, 0.6) is 0 Å². The summed E-state index contributed by atoms with van der Waals surface area (Å²) in [7, 11) is 0. The highest BCUT2D eigenvalue weighted by molar-refractivity contribution is 14.1. The van der Waals surface area contributed by atoms with Gasteiger partial charge in [0.15, 0.2) is 0 Å². The average molecular weight is 382 g/mol. The molecule has 0 saturated carbocycles. The van der Waals surface area contributed by atoms with Crippen LogP contribution in [0.15, 0.2) is 0 Å². The van der Waals surface area contributed by atoms with Crippen LogP contribution in [-0.4, -0.2) is 21.4 Å². The molecule has 0 rings (SSSR count). The fourth-order valence-electron chi connectivity index (χ4n) is 0.606. The molecule has 0 unspecified atom stereocenters. The van der Waals surface area contributed by atoms with E-state index in [1.54, 1.807) is 0 Å². The average Bonchev–Trinajstić information content (AvgIpc) is 2.01. The van der Waals surface area contributed by atoms with Crippen molar-refractivity contribution in [3.63, 3.8) is 0 Å². The Balaban J connectivity index is 3.54. The molecule has 0 spiro atoms. The van der Waals surface area contributed by atoms with E-state index in [2.05, 4.69) is 45.2 Å². The number of hydrogen-bond acceptors (Lipinski definition) is 2. The van der Waals surface area contributed by atoms with Gasteiger partial charge in [0.1, 0.15) is 0 Å². The predicted molar refractivity (Wildman–Crippen MR) is 62.5 cm³/mol. The minimum absolute atomic E-state index is 0.0640. The minimum atomic E-state index is -0.0640. The second-order valence-corrected chi connectivity index (χ2v) is 3.95. The maximum absolute atomic E-state index is 10.9. The van der Waals surface area contributed by atoms with Crippen molar-refractivity contribution in [3.8, 4) is 0 Å². The first kappa shape index (κ1) is 11.9. The highest BCUT2D eigenvalue weighted by atomic mass is 127. The van der Waals surface area contributed by atoms with Gasteiger partial charge in [-0.05, 0) is 12.8 Å². The Bertz CT molecular complexity index is 113. The normalized spacial score (nSPS) is 10.2. The highest BCUT2D eigenvalue weighted by Gasteiger charge is 2.11. The fourth-order valence-corrected chi connectivity index (χ4v) is 3.04. The number of carbonyl (C=O) groups excluding carboxylic acids is 1. The second kappa shape index (κ2) is 7.57. The van der Waals surface area contributed by atoms with E-state index in [4.69, 9.17) is 4.74 Å². The van der Waals surface area contributed by atoms with Crippen LogP contribution in [0, 0.1) is 5.92 Å². The van der Waals surface area contributed by atoms with E-state index in [0.717, 1.165) is 8.86 Å². The van der Waals surface area contributed by atoms with Crippen molar-refractivity contribution in [1.82, 2.24) is 0 Å². The van der Waals surface area contributed by atoms with Crippen molar-refractivity contribution in [2.75, 3.05) is 15.5 Å². The van der Waals surface area contributed by atoms with Crippen LogP contribution in [-0.2, 0) is 9.53 Å². The van der Waals surface area contributed by atoms with Gasteiger partial charge in [-0.2, -0.15) is 0 Å². The summed E-state index contributed by atoms with van der Waals surface area (Å²) in [4.78, 5) is 10.9. The molecule has 0 fully saturated rings. The van der Waals surface area contributed by atoms with Gasteiger partial charge in [-0.15, -0.1) is 0 Å². The summed E-state index contributed by atoms with van der Waals surface area (Å²) in [6.45, 7) is 2.33. The highest BCUT2D eigenvalue weighted by Crippen LogP contribution is 2.11. The minimum Gasteiger partial charge on any atom is -0.466 e. The molecule has 2 nitrogen and oxygen atoms in total. The standard InChI is InChI=1S/C7H12I2O2/c1-2-11-7(10)3-6(4-8)5-9/h6H,2-5H2,1H3. The lowest BCUT2D eigenvalue weighted by Gasteiger charge is -2.08. The van der Waals surface area contributed by atoms with Crippen LogP contribution in [0.1, 0.15) is 13.3 Å². The third-order valence-corrected chi connectivity index (χ3v) is 3.69. The van der Waals surface area contributed by atoms with Crippen molar-refractivity contribution in [3.05, 3.63) is 0 Å². The van der Waals surface area contributed by atoms with Gasteiger partial charge in [-0.3, -0.25) is 4.79 Å². The number of esters is 1. The molecule has 0 heterocycles. The number of rotatable bonds is 5. The van der Waals surface area contributed by atoms with Crippen LogP contribution in [0.3, 0.4) is 0 Å². The number of halogens is 2. The van der Waals surface area contributed by atoms with Gasteiger partial charge in [0.05, 0.1) is 6.61 Å². The van der Waals surface area contributed by atoms with Gasteiger partial charge >= 0.3 is 5.97 Å². The summed E-state index contributed by atoms with van der Waals surface area (Å²) in [6.07, 6.45) is 0.569. The largest absolute Gasteiger partial charge is 0.466 e. The van der Waals surface area contributed by atoms with E-state index in [9.17, 15) is 4.79 Å². The van der Waals surface area contributed by atoms with Crippen LogP contribution >= 0.6 is 45.2 Å². The van der Waals surface area contributed by atoms with Crippen molar-refractivity contribution in [2.24, 2.45) is 5.92 Å². The molecular weight excluding hydrogens is 370 g/mol. The molecule has 0 aromatic carbocycles. The molecule has 11 heavy (non-hydrogen) atoms. The molecule has 0 bridgehead atoms. The molecule has 0 aliphatic carbocycles. The molecule has 0 aliphatic rings. The maximum atomic E-state index is 10.9. The van der Waals surface area contributed by atoms with Gasteiger partial charge in [0, 0.05) is 15.3 Å². The summed E-state index contributed by atoms with van der Waals surface area (Å²) in [5.41, 5.74) is 0. The lowest BCUT2D eigenvalue weighted by molar-refractivity contribution is -0.143. The first-order valence-corrected chi connectivity index (χ1v) is 6.57. The molecular formula is C7H12I2O2. The zero-order chi connectivity index (χ0) is 8.69. The Morgan fingerprint density at radius 3 is 2.36 bits per heavy atom. The SMILES string of the molecule is CCOC(=O)CC(CI)CI. The summed E-state index contributed by atoms with van der Waals surface area (Å²) >= 11 is 4.60. The van der Waals surface area contributed by atoms with Gasteiger partial charge < -0.3 is 4.74 Å². The number of carbonyl (C=O) groups is 1. The molecule has 0 aromatic heterocycles. The van der Waals surface area contributed by atoms with E-state index in [1.807, 2.05) is 6.92 Å². The van der Waals surface area contributed by atoms with Gasteiger partial charge in [-0.25, -0.2) is 0 Å². The molecule has 0 atom stereocenters. The first-order valence-electron chi connectivity index (χ1n) is 3.52. The zero-order valence-electron chi connectivity index (χ0n) is 6.48. The maximum Gasteiger partial charge on any atom is 0.306 e. The van der Waals surface area contributed by atoms with Crippen LogP contribution < -0.4 is 0 Å². The van der Waals surface area contributed by atoms with E-state index in [0.29, 0.717) is 18.9 Å². The molecule has 0 radical (unpaired) electrons. The molecule has 66 valence electrons. The Morgan fingerprint density at radius 2 is 2.00 bits per heavy atom. The van der Waals surface area contributed by atoms with Crippen molar-refractivity contribution >= 4 is 51.2 Å². The van der Waals surface area contributed by atoms with Crippen molar-refractivity contribution in [1.29, 1.82) is 0 Å². The Kier molecular flexibility index (Phi) is 8.21. The summed E-state index contributed by atoms with van der Waals surface area (Å²) in [5, 5.41) is 0. The number of ether oxygens (including phenoxy) is 1. The van der Waals surface area contributed by atoms with Crippen LogP contribution in [0.2, 0.25) is 0 Å². The fraction of sp³-hybridized carbons (Fsp3) is 0.857. The van der Waals surface area contributed by atoms with Crippen LogP contribution in [0.25, 0.3) is 0 Å². The zero-order valence-corrected chi connectivity index (χ0v) is 10.8. The van der Waals surface area contributed by atoms with Gasteiger partial charge in [0.2, 0.25) is 0 Å². The van der Waals surface area contributed by atoms with E-state index >= 15 is 0 Å². The first-order chi connectivity index (χ1) is 5.24. The summed E-state index contributed by atoms with van der Waals surface area (Å²) < 4.78 is 6.89. The molecule has 0 N–H and O–H groups in total. The predicted octanol–water partition coefficient (Wildman–Crippen LogP) is 2.43. The van der Waals surface area contributed by atoms with Gasteiger partial charge in [0.25, 0.3) is 0 Å². The Morgan fingerprint density at radius 1 is 1.45 bits per heavy atom. The monoisotopic (exact) mass is 382 g/mol. The lowest BCUT2D eigenvalue weighted by atomic mass is 10.1. The molecule has 4 heteroatoms. The lowest BCUT2D eigenvalue weighted by Crippen LogP contribution is -2.13. The third-order valence-electron chi connectivity index (χ3n) is 1.20. The van der Waals surface area contributed by atoms with Gasteiger partial charge in [-0.1, -0.05) is 45.2 Å². The smallest absolute Gasteiger partial charge is 0.306 e. The van der Waals surface area contributed by atoms with Crippen molar-refractivity contribution in [2.45, 2.75) is 13.3 Å². The van der Waals surface area contributed by atoms with Crippen molar-refractivity contribution < 1.29 is 9.53 Å². The third kappa shape index (κ3) is 6.12. The van der Waals surface area contributed by atoms with Crippen LogP contribution in [0.4, 0.5) is 0 Å². The molecule has 0 aliphatic heterocycles. The Hall–Kier alpha value is 0.930. The van der Waals surface area contributed by atoms with E-state index in [-0.39, 0.29) is 5.97 Å². The molecule has 0 amide bonds. The number of alkyl halides is 2. The summed E-state index contributed by atoms with van der Waals surface area (Å²) in [6, 6.07) is 0. The van der Waals surface area contributed by atoms with E-state index in [1.165, 1.54) is 0 Å². The Labute approximate surface area is 94.7 Å². The molecule has 0 aromatic rings. The second-order valence-electron chi connectivity index (χ2n) is 2.18. The summed E-state index contributed by atoms with van der Waals surface area (Å²) in [5.74, 6) is 0.418. The topological polar surface area (TPSA) is 26.3 Å². The quantitative estimate of drug-likeness (QED) is 0.415.